The van der Waals surface area contributed by atoms with Crippen molar-refractivity contribution >= 4 is 29.0 Å². The van der Waals surface area contributed by atoms with E-state index in [0.29, 0.717) is 28.5 Å². The van der Waals surface area contributed by atoms with E-state index in [1.54, 1.807) is 12.1 Å². The van der Waals surface area contributed by atoms with Crippen molar-refractivity contribution in [1.82, 2.24) is 0 Å². The quantitative estimate of drug-likeness (QED) is 0.651. The zero-order valence-electron chi connectivity index (χ0n) is 10.1. The summed E-state index contributed by atoms with van der Waals surface area (Å²) in [6.45, 7) is 0. The highest BCUT2D eigenvalue weighted by Gasteiger charge is 2.36. The molecule has 0 radical (unpaired) electrons. The number of rotatable bonds is 2. The number of carbonyl (C=O) groups is 1. The van der Waals surface area contributed by atoms with Gasteiger partial charge in [0.25, 0.3) is 0 Å². The molecule has 0 aliphatic heterocycles. The van der Waals surface area contributed by atoms with Crippen LogP contribution in [0.15, 0.2) is 18.2 Å². The van der Waals surface area contributed by atoms with Crippen LogP contribution < -0.4 is 0 Å². The van der Waals surface area contributed by atoms with E-state index in [9.17, 15) is 9.90 Å². The molecule has 0 spiro atoms. The normalized spacial score (nSPS) is 19.3. The Labute approximate surface area is 117 Å². The molecule has 0 heterocycles. The molecular formula is C14H16Cl2O2. The van der Waals surface area contributed by atoms with E-state index in [-0.39, 0.29) is 5.78 Å². The summed E-state index contributed by atoms with van der Waals surface area (Å²) in [6.07, 6.45) is 5.01. The maximum atomic E-state index is 12.4. The second-order valence-corrected chi connectivity index (χ2v) is 5.72. The third-order valence-electron chi connectivity index (χ3n) is 3.54. The number of hydrogen-bond acceptors (Lipinski definition) is 2. The maximum absolute atomic E-state index is 12.4. The first kappa shape index (κ1) is 13.9. The molecule has 0 saturated heterocycles. The number of carbonyl (C=O) groups excluding carboxylic acids is 1. The van der Waals surface area contributed by atoms with E-state index in [0.717, 1.165) is 25.7 Å². The van der Waals surface area contributed by atoms with Gasteiger partial charge in [-0.05, 0) is 31.0 Å². The molecule has 1 saturated carbocycles. The number of hydrogen-bond donors (Lipinski definition) is 1. The van der Waals surface area contributed by atoms with E-state index in [4.69, 9.17) is 23.2 Å². The molecule has 2 rings (SSSR count). The minimum absolute atomic E-state index is 0.233. The van der Waals surface area contributed by atoms with Gasteiger partial charge in [-0.15, -0.1) is 0 Å². The van der Waals surface area contributed by atoms with Crippen LogP contribution in [0.25, 0.3) is 0 Å². The average molecular weight is 287 g/mol. The number of Topliss-reactive ketones (excluding diaryl/α,β-unsaturated/α-hetero) is 1. The lowest BCUT2D eigenvalue weighted by Crippen LogP contribution is -2.38. The van der Waals surface area contributed by atoms with Crippen molar-refractivity contribution in [3.05, 3.63) is 33.8 Å². The first-order valence-corrected chi connectivity index (χ1v) is 7.01. The summed E-state index contributed by atoms with van der Waals surface area (Å²) in [4.78, 5) is 12.4. The van der Waals surface area contributed by atoms with E-state index < -0.39 is 5.60 Å². The third-order valence-corrected chi connectivity index (χ3v) is 4.27. The molecule has 1 fully saturated rings. The van der Waals surface area contributed by atoms with E-state index in [1.165, 1.54) is 6.07 Å². The maximum Gasteiger partial charge on any atom is 0.194 e. The van der Waals surface area contributed by atoms with E-state index in [1.807, 2.05) is 0 Å². The Morgan fingerprint density at radius 2 is 1.67 bits per heavy atom. The lowest BCUT2D eigenvalue weighted by molar-refractivity contribution is 0.0238. The van der Waals surface area contributed by atoms with Gasteiger partial charge in [-0.2, -0.15) is 0 Å². The molecule has 1 aliphatic carbocycles. The van der Waals surface area contributed by atoms with Crippen molar-refractivity contribution < 1.29 is 9.90 Å². The van der Waals surface area contributed by atoms with E-state index >= 15 is 0 Å². The average Bonchev–Trinajstić information content (AvgIpc) is 2.58. The molecule has 1 N–H and O–H groups in total. The van der Waals surface area contributed by atoms with Gasteiger partial charge >= 0.3 is 0 Å². The third kappa shape index (κ3) is 2.87. The van der Waals surface area contributed by atoms with Crippen LogP contribution in [-0.4, -0.2) is 16.5 Å². The van der Waals surface area contributed by atoms with Crippen LogP contribution in [0.4, 0.5) is 0 Å². The van der Waals surface area contributed by atoms with Gasteiger partial charge in [0.05, 0.1) is 10.0 Å². The largest absolute Gasteiger partial charge is 0.382 e. The summed E-state index contributed by atoms with van der Waals surface area (Å²) in [5.74, 6) is -0.233. The van der Waals surface area contributed by atoms with Gasteiger partial charge in [0.2, 0.25) is 0 Å². The summed E-state index contributed by atoms with van der Waals surface area (Å²) in [6, 6.07) is 4.76. The SMILES string of the molecule is O=C(c1ccc(Cl)c(Cl)c1)C1(O)CCCCCC1. The van der Waals surface area contributed by atoms with Crippen LogP contribution in [0, 0.1) is 0 Å². The fraction of sp³-hybridized carbons (Fsp3) is 0.500. The Morgan fingerprint density at radius 1 is 1.06 bits per heavy atom. The zero-order chi connectivity index (χ0) is 13.2. The fourth-order valence-electron chi connectivity index (χ4n) is 2.45. The van der Waals surface area contributed by atoms with Crippen LogP contribution in [0.1, 0.15) is 48.9 Å². The monoisotopic (exact) mass is 286 g/mol. The van der Waals surface area contributed by atoms with Crippen molar-refractivity contribution in [3.63, 3.8) is 0 Å². The number of halogens is 2. The first-order valence-electron chi connectivity index (χ1n) is 6.25. The van der Waals surface area contributed by atoms with Crippen LogP contribution in [-0.2, 0) is 0 Å². The Kier molecular flexibility index (Phi) is 4.31. The van der Waals surface area contributed by atoms with Crippen molar-refractivity contribution in [2.75, 3.05) is 0 Å². The number of aliphatic hydroxyl groups is 1. The molecule has 1 aliphatic rings. The topological polar surface area (TPSA) is 37.3 Å². The van der Waals surface area contributed by atoms with Gasteiger partial charge in [-0.25, -0.2) is 0 Å². The van der Waals surface area contributed by atoms with Gasteiger partial charge in [0.15, 0.2) is 5.78 Å². The van der Waals surface area contributed by atoms with Crippen LogP contribution in [0.5, 0.6) is 0 Å². The lowest BCUT2D eigenvalue weighted by Gasteiger charge is -2.25. The van der Waals surface area contributed by atoms with Crippen molar-refractivity contribution in [2.45, 2.75) is 44.1 Å². The number of benzene rings is 1. The summed E-state index contributed by atoms with van der Waals surface area (Å²) in [5.41, 5.74) is -0.790. The summed E-state index contributed by atoms with van der Waals surface area (Å²) in [7, 11) is 0. The molecule has 1 aromatic carbocycles. The second-order valence-electron chi connectivity index (χ2n) is 4.90. The molecule has 2 nitrogen and oxygen atoms in total. The molecule has 1 aromatic rings. The highest BCUT2D eigenvalue weighted by molar-refractivity contribution is 6.42. The molecule has 4 heteroatoms. The standard InChI is InChI=1S/C14H16Cl2O2/c15-11-6-5-10(9-12(11)16)13(17)14(18)7-3-1-2-4-8-14/h5-6,9,18H,1-4,7-8H2. The molecule has 98 valence electrons. The first-order chi connectivity index (χ1) is 8.53. The summed E-state index contributed by atoms with van der Waals surface area (Å²) in [5, 5.41) is 11.3. The van der Waals surface area contributed by atoms with Gasteiger partial charge in [0.1, 0.15) is 5.60 Å². The van der Waals surface area contributed by atoms with Crippen LogP contribution in [0.2, 0.25) is 10.0 Å². The summed E-state index contributed by atoms with van der Waals surface area (Å²) < 4.78 is 0. The fourth-order valence-corrected chi connectivity index (χ4v) is 2.74. The van der Waals surface area contributed by atoms with Gasteiger partial charge in [-0.1, -0.05) is 48.9 Å². The van der Waals surface area contributed by atoms with Gasteiger partial charge < -0.3 is 5.11 Å². The molecule has 0 amide bonds. The predicted octanol–water partition coefficient (Wildman–Crippen LogP) is 4.26. The highest BCUT2D eigenvalue weighted by atomic mass is 35.5. The summed E-state index contributed by atoms with van der Waals surface area (Å²) >= 11 is 11.7. The predicted molar refractivity (Wildman–Crippen MR) is 73.4 cm³/mol. The molecule has 0 atom stereocenters. The van der Waals surface area contributed by atoms with Crippen LogP contribution >= 0.6 is 23.2 Å². The zero-order valence-corrected chi connectivity index (χ0v) is 11.6. The molecule has 0 aromatic heterocycles. The van der Waals surface area contributed by atoms with Crippen molar-refractivity contribution in [2.24, 2.45) is 0 Å². The highest BCUT2D eigenvalue weighted by Crippen LogP contribution is 2.32. The van der Waals surface area contributed by atoms with Gasteiger partial charge in [-0.3, -0.25) is 4.79 Å². The van der Waals surface area contributed by atoms with E-state index in [2.05, 4.69) is 0 Å². The molecular weight excluding hydrogens is 271 g/mol. The molecule has 18 heavy (non-hydrogen) atoms. The van der Waals surface area contributed by atoms with Crippen molar-refractivity contribution in [1.29, 1.82) is 0 Å². The Hall–Kier alpha value is -0.570. The Balaban J connectivity index is 2.26. The minimum Gasteiger partial charge on any atom is -0.382 e. The molecule has 0 unspecified atom stereocenters. The Morgan fingerprint density at radius 3 is 2.22 bits per heavy atom. The van der Waals surface area contributed by atoms with Gasteiger partial charge in [0, 0.05) is 5.56 Å². The second kappa shape index (κ2) is 5.60. The lowest BCUT2D eigenvalue weighted by atomic mass is 9.86. The Bertz CT molecular complexity index is 449. The molecule has 0 bridgehead atoms. The van der Waals surface area contributed by atoms with Crippen LogP contribution in [0.3, 0.4) is 0 Å². The van der Waals surface area contributed by atoms with Crippen molar-refractivity contribution in [3.8, 4) is 0 Å². The number of ketones is 1. The minimum atomic E-state index is -1.23. The smallest absolute Gasteiger partial charge is 0.194 e.